The van der Waals surface area contributed by atoms with E-state index in [0.29, 0.717) is 17.2 Å². The molecule has 0 heterocycles. The highest BCUT2D eigenvalue weighted by Gasteiger charge is 2.03. The molecule has 0 radical (unpaired) electrons. The second-order valence-electron chi connectivity index (χ2n) is 3.79. The first-order chi connectivity index (χ1) is 8.19. The number of halogens is 1. The molecule has 2 nitrogen and oxygen atoms in total. The number of hydrogen-bond acceptors (Lipinski definition) is 2. The van der Waals surface area contributed by atoms with Crippen LogP contribution in [0.25, 0.3) is 0 Å². The third-order valence-electron chi connectivity index (χ3n) is 2.51. The van der Waals surface area contributed by atoms with E-state index in [1.54, 1.807) is 0 Å². The summed E-state index contributed by atoms with van der Waals surface area (Å²) in [5, 5.41) is 0. The summed E-state index contributed by atoms with van der Waals surface area (Å²) < 4.78 is 18.5. The van der Waals surface area contributed by atoms with Gasteiger partial charge in [0.05, 0.1) is 5.69 Å². The fourth-order valence-corrected chi connectivity index (χ4v) is 1.57. The number of rotatable bonds is 3. The first-order valence-corrected chi connectivity index (χ1v) is 5.51. The van der Waals surface area contributed by atoms with Gasteiger partial charge < -0.3 is 10.5 Å². The van der Waals surface area contributed by atoms with Crippen molar-refractivity contribution in [1.29, 1.82) is 0 Å². The van der Waals surface area contributed by atoms with Gasteiger partial charge in [-0.2, -0.15) is 0 Å². The van der Waals surface area contributed by atoms with Crippen LogP contribution in [-0.2, 0) is 6.42 Å². The molecule has 17 heavy (non-hydrogen) atoms. The summed E-state index contributed by atoms with van der Waals surface area (Å²) in [6.07, 6.45) is 0.941. The zero-order valence-electron chi connectivity index (χ0n) is 9.61. The smallest absolute Gasteiger partial charge is 0.150 e. The van der Waals surface area contributed by atoms with Crippen LogP contribution in [0.15, 0.2) is 42.5 Å². The molecule has 0 bridgehead atoms. The lowest BCUT2D eigenvalue weighted by Crippen LogP contribution is -1.93. The van der Waals surface area contributed by atoms with Gasteiger partial charge in [0.15, 0.2) is 5.75 Å². The number of aryl methyl sites for hydroxylation is 1. The van der Waals surface area contributed by atoms with E-state index in [2.05, 4.69) is 6.92 Å². The second kappa shape index (κ2) is 4.87. The Hall–Kier alpha value is -2.03. The molecule has 0 amide bonds. The van der Waals surface area contributed by atoms with E-state index in [1.807, 2.05) is 24.3 Å². The van der Waals surface area contributed by atoms with Gasteiger partial charge in [-0.05, 0) is 36.2 Å². The average molecular weight is 231 g/mol. The van der Waals surface area contributed by atoms with E-state index in [1.165, 1.54) is 23.8 Å². The molecule has 3 heteroatoms. The SMILES string of the molecule is CCc1cccc(Oc2ccc(F)cc2N)c1. The van der Waals surface area contributed by atoms with Gasteiger partial charge in [0.2, 0.25) is 0 Å². The quantitative estimate of drug-likeness (QED) is 0.816. The molecule has 0 atom stereocenters. The van der Waals surface area contributed by atoms with E-state index >= 15 is 0 Å². The molecular formula is C14H14FNO. The highest BCUT2D eigenvalue weighted by atomic mass is 19.1. The van der Waals surface area contributed by atoms with Crippen molar-refractivity contribution < 1.29 is 9.13 Å². The average Bonchev–Trinajstić information content (AvgIpc) is 2.33. The molecule has 2 rings (SSSR count). The molecule has 2 N–H and O–H groups in total. The van der Waals surface area contributed by atoms with Crippen molar-refractivity contribution in [3.8, 4) is 11.5 Å². The largest absolute Gasteiger partial charge is 0.455 e. The van der Waals surface area contributed by atoms with E-state index in [-0.39, 0.29) is 5.82 Å². The van der Waals surface area contributed by atoms with Crippen molar-refractivity contribution in [2.75, 3.05) is 5.73 Å². The Balaban J connectivity index is 2.25. The predicted octanol–water partition coefficient (Wildman–Crippen LogP) is 3.76. The molecule has 0 saturated carbocycles. The Morgan fingerprint density at radius 2 is 2.00 bits per heavy atom. The minimum absolute atomic E-state index is 0.298. The third kappa shape index (κ3) is 2.75. The number of ether oxygens (including phenoxy) is 1. The van der Waals surface area contributed by atoms with Gasteiger partial charge in [-0.15, -0.1) is 0 Å². The van der Waals surface area contributed by atoms with Crippen molar-refractivity contribution in [3.63, 3.8) is 0 Å². The molecule has 88 valence electrons. The number of nitrogen functional groups attached to an aromatic ring is 1. The monoisotopic (exact) mass is 231 g/mol. The number of anilines is 1. The van der Waals surface area contributed by atoms with E-state index in [0.717, 1.165) is 6.42 Å². The molecular weight excluding hydrogens is 217 g/mol. The predicted molar refractivity (Wildman–Crippen MR) is 66.7 cm³/mol. The summed E-state index contributed by atoms with van der Waals surface area (Å²) in [4.78, 5) is 0. The molecule has 2 aromatic carbocycles. The van der Waals surface area contributed by atoms with Crippen LogP contribution in [0.5, 0.6) is 11.5 Å². The third-order valence-corrected chi connectivity index (χ3v) is 2.51. The van der Waals surface area contributed by atoms with E-state index in [4.69, 9.17) is 10.5 Å². The maximum absolute atomic E-state index is 12.9. The van der Waals surface area contributed by atoms with Gasteiger partial charge in [-0.1, -0.05) is 19.1 Å². The second-order valence-corrected chi connectivity index (χ2v) is 3.79. The summed E-state index contributed by atoms with van der Waals surface area (Å²) >= 11 is 0. The van der Waals surface area contributed by atoms with Gasteiger partial charge in [0, 0.05) is 6.07 Å². The van der Waals surface area contributed by atoms with Crippen molar-refractivity contribution in [2.45, 2.75) is 13.3 Å². The fourth-order valence-electron chi connectivity index (χ4n) is 1.57. The van der Waals surface area contributed by atoms with Crippen molar-refractivity contribution >= 4 is 5.69 Å². The fraction of sp³-hybridized carbons (Fsp3) is 0.143. The summed E-state index contributed by atoms with van der Waals surface area (Å²) in [5.41, 5.74) is 7.16. The van der Waals surface area contributed by atoms with Gasteiger partial charge in [-0.3, -0.25) is 0 Å². The first-order valence-electron chi connectivity index (χ1n) is 5.51. The number of benzene rings is 2. The molecule has 0 fully saturated rings. The van der Waals surface area contributed by atoms with Gasteiger partial charge in [-0.25, -0.2) is 4.39 Å². The maximum Gasteiger partial charge on any atom is 0.150 e. The highest BCUT2D eigenvalue weighted by molar-refractivity contribution is 5.54. The lowest BCUT2D eigenvalue weighted by Gasteiger charge is -2.09. The molecule has 0 saturated heterocycles. The molecule has 2 aromatic rings. The normalized spacial score (nSPS) is 10.2. The Kier molecular flexibility index (Phi) is 3.28. The summed E-state index contributed by atoms with van der Waals surface area (Å²) in [6, 6.07) is 11.9. The van der Waals surface area contributed by atoms with Gasteiger partial charge in [0.25, 0.3) is 0 Å². The van der Waals surface area contributed by atoms with E-state index < -0.39 is 0 Å². The van der Waals surface area contributed by atoms with E-state index in [9.17, 15) is 4.39 Å². The van der Waals surface area contributed by atoms with Crippen LogP contribution in [0, 0.1) is 5.82 Å². The minimum Gasteiger partial charge on any atom is -0.455 e. The van der Waals surface area contributed by atoms with Crippen molar-refractivity contribution in [2.24, 2.45) is 0 Å². The van der Waals surface area contributed by atoms with Crippen LogP contribution in [0.1, 0.15) is 12.5 Å². The zero-order chi connectivity index (χ0) is 12.3. The van der Waals surface area contributed by atoms with Crippen LogP contribution in [-0.4, -0.2) is 0 Å². The van der Waals surface area contributed by atoms with Gasteiger partial charge in [0.1, 0.15) is 11.6 Å². The summed E-state index contributed by atoms with van der Waals surface area (Å²) in [7, 11) is 0. The zero-order valence-corrected chi connectivity index (χ0v) is 9.61. The number of nitrogens with two attached hydrogens (primary N) is 1. The maximum atomic E-state index is 12.9. The molecule has 0 aliphatic heterocycles. The van der Waals surface area contributed by atoms with Crippen LogP contribution >= 0.6 is 0 Å². The Labute approximate surface area is 99.8 Å². The van der Waals surface area contributed by atoms with Crippen LogP contribution < -0.4 is 10.5 Å². The lowest BCUT2D eigenvalue weighted by molar-refractivity contribution is 0.482. The number of hydrogen-bond donors (Lipinski definition) is 1. The molecule has 0 aliphatic rings. The van der Waals surface area contributed by atoms with Crippen LogP contribution in [0.3, 0.4) is 0 Å². The standard InChI is InChI=1S/C14H14FNO/c1-2-10-4-3-5-12(8-10)17-14-7-6-11(15)9-13(14)16/h3-9H,2,16H2,1H3. The Morgan fingerprint density at radius 3 is 2.71 bits per heavy atom. The summed E-state index contributed by atoms with van der Waals surface area (Å²) in [5.74, 6) is 0.819. The minimum atomic E-state index is -0.364. The van der Waals surface area contributed by atoms with Crippen LogP contribution in [0.2, 0.25) is 0 Å². The molecule has 0 aliphatic carbocycles. The van der Waals surface area contributed by atoms with Crippen molar-refractivity contribution in [1.82, 2.24) is 0 Å². The Morgan fingerprint density at radius 1 is 1.18 bits per heavy atom. The first kappa shape index (κ1) is 11.5. The Bertz CT molecular complexity index is 525. The highest BCUT2D eigenvalue weighted by Crippen LogP contribution is 2.28. The van der Waals surface area contributed by atoms with Crippen molar-refractivity contribution in [3.05, 3.63) is 53.8 Å². The van der Waals surface area contributed by atoms with Crippen LogP contribution in [0.4, 0.5) is 10.1 Å². The molecule has 0 aromatic heterocycles. The van der Waals surface area contributed by atoms with Gasteiger partial charge >= 0.3 is 0 Å². The topological polar surface area (TPSA) is 35.2 Å². The summed E-state index contributed by atoms with van der Waals surface area (Å²) in [6.45, 7) is 2.07. The lowest BCUT2D eigenvalue weighted by atomic mass is 10.2. The molecule has 0 spiro atoms. The molecule has 0 unspecified atom stereocenters.